The Hall–Kier alpha value is -0.610. The molecule has 1 fully saturated rings. The number of carbonyl (C=O) groups is 1. The zero-order chi connectivity index (χ0) is 12.7. The van der Waals surface area contributed by atoms with E-state index in [1.54, 1.807) is 0 Å². The molecule has 4 heteroatoms. The number of likely N-dealkylation sites (tertiary alicyclic amines) is 1. The van der Waals surface area contributed by atoms with Crippen LogP contribution in [0.5, 0.6) is 0 Å². The molecule has 0 saturated carbocycles. The van der Waals surface area contributed by atoms with E-state index in [9.17, 15) is 4.79 Å². The lowest BCUT2D eigenvalue weighted by Crippen LogP contribution is -2.31. The number of hydrogen-bond acceptors (Lipinski definition) is 3. The van der Waals surface area contributed by atoms with Gasteiger partial charge in [0.1, 0.15) is 0 Å². The average molecular weight is 241 g/mol. The van der Waals surface area contributed by atoms with Crippen LogP contribution < -0.4 is 5.73 Å². The summed E-state index contributed by atoms with van der Waals surface area (Å²) in [7, 11) is 0. The maximum atomic E-state index is 11.8. The molecule has 1 aliphatic heterocycles. The zero-order valence-corrected chi connectivity index (χ0v) is 11.3. The molecular formula is C13H27N3O. The van der Waals surface area contributed by atoms with Crippen LogP contribution in [-0.4, -0.2) is 55.0 Å². The molecule has 0 spiro atoms. The van der Waals surface area contributed by atoms with Gasteiger partial charge in [-0.25, -0.2) is 0 Å². The Morgan fingerprint density at radius 3 is 2.65 bits per heavy atom. The first-order chi connectivity index (χ1) is 8.21. The van der Waals surface area contributed by atoms with Crippen LogP contribution in [0.1, 0.15) is 33.1 Å². The summed E-state index contributed by atoms with van der Waals surface area (Å²) in [5.74, 6) is 0.970. The molecule has 1 heterocycles. The van der Waals surface area contributed by atoms with Crippen molar-refractivity contribution in [2.75, 3.05) is 39.3 Å². The van der Waals surface area contributed by atoms with Gasteiger partial charge in [-0.05, 0) is 52.2 Å². The van der Waals surface area contributed by atoms with Gasteiger partial charge in [0, 0.05) is 26.1 Å². The molecule has 1 saturated heterocycles. The lowest BCUT2D eigenvalue weighted by molar-refractivity contribution is -0.130. The lowest BCUT2D eigenvalue weighted by atomic mass is 10.1. The lowest BCUT2D eigenvalue weighted by Gasteiger charge is -2.20. The highest BCUT2D eigenvalue weighted by molar-refractivity contribution is 5.76. The third-order valence-electron chi connectivity index (χ3n) is 3.68. The Labute approximate surface area is 105 Å². The van der Waals surface area contributed by atoms with E-state index in [1.807, 2.05) is 18.7 Å². The van der Waals surface area contributed by atoms with E-state index in [-0.39, 0.29) is 0 Å². The van der Waals surface area contributed by atoms with Gasteiger partial charge < -0.3 is 15.5 Å². The minimum Gasteiger partial charge on any atom is -0.343 e. The fourth-order valence-electron chi connectivity index (χ4n) is 2.50. The van der Waals surface area contributed by atoms with Crippen LogP contribution >= 0.6 is 0 Å². The van der Waals surface area contributed by atoms with Crippen LogP contribution in [0.25, 0.3) is 0 Å². The van der Waals surface area contributed by atoms with Crippen molar-refractivity contribution < 1.29 is 4.79 Å². The van der Waals surface area contributed by atoms with Gasteiger partial charge in [-0.1, -0.05) is 0 Å². The number of amides is 1. The Morgan fingerprint density at radius 2 is 2.12 bits per heavy atom. The van der Waals surface area contributed by atoms with Crippen LogP contribution in [0.2, 0.25) is 0 Å². The summed E-state index contributed by atoms with van der Waals surface area (Å²) in [6.45, 7) is 9.85. The average Bonchev–Trinajstić information content (AvgIpc) is 2.78. The Morgan fingerprint density at radius 1 is 1.41 bits per heavy atom. The third kappa shape index (κ3) is 4.64. The van der Waals surface area contributed by atoms with Gasteiger partial charge in [0.05, 0.1) is 0 Å². The zero-order valence-electron chi connectivity index (χ0n) is 11.3. The molecule has 17 heavy (non-hydrogen) atoms. The number of rotatable bonds is 7. The SMILES string of the molecule is CCN(CC)C(=O)CCCN1CCC(CN)C1. The van der Waals surface area contributed by atoms with Crippen molar-refractivity contribution in [2.45, 2.75) is 33.1 Å². The Bertz CT molecular complexity index is 229. The first kappa shape index (κ1) is 14.5. The summed E-state index contributed by atoms with van der Waals surface area (Å²) in [6.07, 6.45) is 2.89. The van der Waals surface area contributed by atoms with Crippen molar-refractivity contribution in [1.29, 1.82) is 0 Å². The molecule has 1 aliphatic rings. The van der Waals surface area contributed by atoms with Crippen molar-refractivity contribution in [3.8, 4) is 0 Å². The Kier molecular flexibility index (Phi) is 6.52. The summed E-state index contributed by atoms with van der Waals surface area (Å²) in [6, 6.07) is 0. The van der Waals surface area contributed by atoms with Gasteiger partial charge in [-0.3, -0.25) is 4.79 Å². The third-order valence-corrected chi connectivity index (χ3v) is 3.68. The maximum absolute atomic E-state index is 11.8. The Balaban J connectivity index is 2.13. The summed E-state index contributed by atoms with van der Waals surface area (Å²) in [4.78, 5) is 16.1. The largest absolute Gasteiger partial charge is 0.343 e. The predicted octanol–water partition coefficient (Wildman–Crippen LogP) is 0.916. The van der Waals surface area contributed by atoms with Crippen molar-refractivity contribution >= 4 is 5.91 Å². The van der Waals surface area contributed by atoms with Gasteiger partial charge in [-0.15, -0.1) is 0 Å². The molecule has 1 unspecified atom stereocenters. The minimum atomic E-state index is 0.296. The molecule has 100 valence electrons. The highest BCUT2D eigenvalue weighted by Gasteiger charge is 2.20. The van der Waals surface area contributed by atoms with Crippen molar-refractivity contribution in [1.82, 2.24) is 9.80 Å². The fraction of sp³-hybridized carbons (Fsp3) is 0.923. The molecule has 1 atom stereocenters. The molecule has 0 aromatic rings. The van der Waals surface area contributed by atoms with Gasteiger partial charge in [0.15, 0.2) is 0 Å². The molecule has 0 aromatic heterocycles. The van der Waals surface area contributed by atoms with Crippen LogP contribution in [0.3, 0.4) is 0 Å². The molecule has 4 nitrogen and oxygen atoms in total. The van der Waals surface area contributed by atoms with Crippen LogP contribution in [0.4, 0.5) is 0 Å². The summed E-state index contributed by atoms with van der Waals surface area (Å²) >= 11 is 0. The number of hydrogen-bond donors (Lipinski definition) is 1. The standard InChI is InChI=1S/C13H27N3O/c1-3-16(4-2)13(17)6-5-8-15-9-7-12(10-14)11-15/h12H,3-11,14H2,1-2H3. The smallest absolute Gasteiger partial charge is 0.222 e. The molecule has 0 radical (unpaired) electrons. The monoisotopic (exact) mass is 241 g/mol. The molecule has 0 aliphatic carbocycles. The summed E-state index contributed by atoms with van der Waals surface area (Å²) in [5.41, 5.74) is 5.66. The number of nitrogens with two attached hydrogens (primary N) is 1. The van der Waals surface area contributed by atoms with E-state index < -0.39 is 0 Å². The molecular weight excluding hydrogens is 214 g/mol. The minimum absolute atomic E-state index is 0.296. The van der Waals surface area contributed by atoms with E-state index >= 15 is 0 Å². The quantitative estimate of drug-likeness (QED) is 0.721. The highest BCUT2D eigenvalue weighted by atomic mass is 16.2. The van der Waals surface area contributed by atoms with E-state index in [2.05, 4.69) is 4.90 Å². The van der Waals surface area contributed by atoms with Crippen LogP contribution in [0.15, 0.2) is 0 Å². The molecule has 0 aromatic carbocycles. The predicted molar refractivity (Wildman–Crippen MR) is 70.8 cm³/mol. The summed E-state index contributed by atoms with van der Waals surface area (Å²) in [5, 5.41) is 0. The summed E-state index contributed by atoms with van der Waals surface area (Å²) < 4.78 is 0. The van der Waals surface area contributed by atoms with Gasteiger partial charge >= 0.3 is 0 Å². The first-order valence-corrected chi connectivity index (χ1v) is 6.91. The maximum Gasteiger partial charge on any atom is 0.222 e. The molecule has 1 rings (SSSR count). The molecule has 0 bridgehead atoms. The second kappa shape index (κ2) is 7.67. The number of nitrogens with zero attached hydrogens (tertiary/aromatic N) is 2. The van der Waals surface area contributed by atoms with Crippen molar-refractivity contribution in [3.05, 3.63) is 0 Å². The van der Waals surface area contributed by atoms with Crippen LogP contribution in [0, 0.1) is 5.92 Å². The van der Waals surface area contributed by atoms with Crippen molar-refractivity contribution in [2.24, 2.45) is 11.7 Å². The van der Waals surface area contributed by atoms with Gasteiger partial charge in [0.25, 0.3) is 0 Å². The second-order valence-electron chi connectivity index (χ2n) is 4.86. The number of carbonyl (C=O) groups excluding carboxylic acids is 1. The van der Waals surface area contributed by atoms with E-state index in [0.29, 0.717) is 18.2 Å². The molecule has 2 N–H and O–H groups in total. The van der Waals surface area contributed by atoms with Gasteiger partial charge in [0.2, 0.25) is 5.91 Å². The first-order valence-electron chi connectivity index (χ1n) is 6.91. The van der Waals surface area contributed by atoms with E-state index in [0.717, 1.165) is 45.7 Å². The molecule has 1 amide bonds. The van der Waals surface area contributed by atoms with Crippen molar-refractivity contribution in [3.63, 3.8) is 0 Å². The fourth-order valence-corrected chi connectivity index (χ4v) is 2.50. The second-order valence-corrected chi connectivity index (χ2v) is 4.86. The topological polar surface area (TPSA) is 49.6 Å². The highest BCUT2D eigenvalue weighted by Crippen LogP contribution is 2.15. The van der Waals surface area contributed by atoms with Crippen LogP contribution in [-0.2, 0) is 4.79 Å². The normalized spacial score (nSPS) is 20.8. The van der Waals surface area contributed by atoms with E-state index in [1.165, 1.54) is 6.42 Å². The van der Waals surface area contributed by atoms with Gasteiger partial charge in [-0.2, -0.15) is 0 Å². The van der Waals surface area contributed by atoms with E-state index in [4.69, 9.17) is 5.73 Å².